The number of alkyl halides is 2. The van der Waals surface area contributed by atoms with Crippen LogP contribution < -0.4 is 0 Å². The number of rotatable bonds is 5. The van der Waals surface area contributed by atoms with E-state index in [0.29, 0.717) is 22.6 Å². The summed E-state index contributed by atoms with van der Waals surface area (Å²) in [5.74, 6) is -0.726. The molecule has 21 heavy (non-hydrogen) atoms. The molecule has 0 saturated heterocycles. The molecule has 0 bridgehead atoms. The molecule has 0 fully saturated rings. The Hall–Kier alpha value is -0.450. The van der Waals surface area contributed by atoms with Gasteiger partial charge in [0, 0.05) is 16.1 Å². The van der Waals surface area contributed by atoms with Crippen molar-refractivity contribution in [1.29, 1.82) is 0 Å². The second-order valence-electron chi connectivity index (χ2n) is 4.95. The molecular formula is C16H13Br2ClF2. The van der Waals surface area contributed by atoms with Crippen molar-refractivity contribution in [1.82, 2.24) is 0 Å². The van der Waals surface area contributed by atoms with E-state index in [2.05, 4.69) is 31.9 Å². The summed E-state index contributed by atoms with van der Waals surface area (Å²) >= 11 is 13.1. The van der Waals surface area contributed by atoms with Crippen molar-refractivity contribution in [2.75, 3.05) is 10.7 Å². The van der Waals surface area contributed by atoms with Crippen LogP contribution in [-0.2, 0) is 11.8 Å². The summed E-state index contributed by atoms with van der Waals surface area (Å²) in [5.41, 5.74) is 1.15. The Morgan fingerprint density at radius 2 is 1.67 bits per heavy atom. The van der Waals surface area contributed by atoms with Crippen molar-refractivity contribution in [2.24, 2.45) is 0 Å². The van der Waals surface area contributed by atoms with Crippen LogP contribution in [0, 0.1) is 11.6 Å². The van der Waals surface area contributed by atoms with Crippen molar-refractivity contribution in [2.45, 2.75) is 11.8 Å². The van der Waals surface area contributed by atoms with Crippen LogP contribution in [0.15, 0.2) is 42.5 Å². The van der Waals surface area contributed by atoms with Crippen LogP contribution in [0.25, 0.3) is 0 Å². The lowest BCUT2D eigenvalue weighted by Gasteiger charge is -2.31. The second-order valence-corrected chi connectivity index (χ2v) is 6.45. The van der Waals surface area contributed by atoms with Crippen molar-refractivity contribution in [3.8, 4) is 0 Å². The first kappa shape index (κ1) is 16.9. The van der Waals surface area contributed by atoms with Crippen LogP contribution in [-0.4, -0.2) is 10.7 Å². The maximum absolute atomic E-state index is 13.6. The smallest absolute Gasteiger partial charge is 0.142 e. The molecule has 2 aromatic rings. The quantitative estimate of drug-likeness (QED) is 0.511. The Morgan fingerprint density at radius 1 is 1.00 bits per heavy atom. The Morgan fingerprint density at radius 3 is 2.29 bits per heavy atom. The molecule has 0 N–H and O–H groups in total. The molecule has 0 amide bonds. The average molecular weight is 439 g/mol. The lowest BCUT2D eigenvalue weighted by molar-refractivity contribution is 0.538. The zero-order chi connectivity index (χ0) is 15.5. The van der Waals surface area contributed by atoms with Gasteiger partial charge in [-0.3, -0.25) is 0 Å². The van der Waals surface area contributed by atoms with Crippen LogP contribution in [0.2, 0.25) is 5.02 Å². The largest absolute Gasteiger partial charge is 0.207 e. The number of benzene rings is 2. The summed E-state index contributed by atoms with van der Waals surface area (Å²) in [6.45, 7) is 0. The molecule has 0 radical (unpaired) electrons. The molecule has 0 unspecified atom stereocenters. The van der Waals surface area contributed by atoms with Gasteiger partial charge < -0.3 is 0 Å². The highest BCUT2D eigenvalue weighted by molar-refractivity contribution is 9.09. The molecule has 0 aliphatic carbocycles. The molecule has 5 heteroatoms. The van der Waals surface area contributed by atoms with Gasteiger partial charge in [0.25, 0.3) is 0 Å². The summed E-state index contributed by atoms with van der Waals surface area (Å²) < 4.78 is 27.1. The van der Waals surface area contributed by atoms with Gasteiger partial charge >= 0.3 is 0 Å². The molecule has 112 valence electrons. The number of hydrogen-bond donors (Lipinski definition) is 0. The van der Waals surface area contributed by atoms with Gasteiger partial charge in [-0.15, -0.1) is 0 Å². The maximum Gasteiger partial charge on any atom is 0.142 e. The molecule has 0 aliphatic heterocycles. The maximum atomic E-state index is 13.6. The normalized spacial score (nSPS) is 11.7. The van der Waals surface area contributed by atoms with E-state index in [-0.39, 0.29) is 10.8 Å². The first-order chi connectivity index (χ1) is 10.0. The predicted molar refractivity (Wildman–Crippen MR) is 90.8 cm³/mol. The van der Waals surface area contributed by atoms with E-state index in [4.69, 9.17) is 11.6 Å². The van der Waals surface area contributed by atoms with E-state index < -0.39 is 11.2 Å². The Balaban J connectivity index is 2.45. The van der Waals surface area contributed by atoms with Crippen molar-refractivity contribution in [3.63, 3.8) is 0 Å². The zero-order valence-corrected chi connectivity index (χ0v) is 15.0. The fourth-order valence-electron chi connectivity index (χ4n) is 2.25. The van der Waals surface area contributed by atoms with Crippen LogP contribution in [0.3, 0.4) is 0 Å². The highest BCUT2D eigenvalue weighted by Gasteiger charge is 2.32. The van der Waals surface area contributed by atoms with Gasteiger partial charge in [0.1, 0.15) is 11.6 Å². The van der Waals surface area contributed by atoms with Gasteiger partial charge in [0.15, 0.2) is 0 Å². The summed E-state index contributed by atoms with van der Waals surface area (Å²) in [5, 5.41) is 1.32. The van der Waals surface area contributed by atoms with E-state index in [9.17, 15) is 8.78 Å². The standard InChI is InChI=1S/C16H13Br2ClF2/c17-9-16(10-18,12-4-2-5-13(20)7-12)8-11-3-1-6-14(21)15(11)19/h1-7H,8-10H2. The third-order valence-electron chi connectivity index (χ3n) is 3.51. The topological polar surface area (TPSA) is 0 Å². The Labute approximate surface area is 144 Å². The van der Waals surface area contributed by atoms with E-state index in [0.717, 1.165) is 5.56 Å². The summed E-state index contributed by atoms with van der Waals surface area (Å²) in [7, 11) is 0. The first-order valence-corrected chi connectivity index (χ1v) is 8.95. The molecule has 0 atom stereocenters. The molecule has 2 rings (SSSR count). The molecule has 2 aromatic carbocycles. The highest BCUT2D eigenvalue weighted by atomic mass is 79.9. The highest BCUT2D eigenvalue weighted by Crippen LogP contribution is 2.35. The first-order valence-electron chi connectivity index (χ1n) is 6.33. The van der Waals surface area contributed by atoms with Gasteiger partial charge in [-0.2, -0.15) is 0 Å². The van der Waals surface area contributed by atoms with E-state index in [1.807, 2.05) is 6.07 Å². The Bertz CT molecular complexity index is 627. The summed E-state index contributed by atoms with van der Waals surface area (Å²) in [4.78, 5) is 0. The molecule has 0 aliphatic rings. The van der Waals surface area contributed by atoms with Crippen LogP contribution in [0.5, 0.6) is 0 Å². The zero-order valence-electron chi connectivity index (χ0n) is 11.1. The van der Waals surface area contributed by atoms with Gasteiger partial charge in [0.05, 0.1) is 5.02 Å². The molecule has 0 nitrogen and oxygen atoms in total. The van der Waals surface area contributed by atoms with E-state index in [1.54, 1.807) is 18.2 Å². The van der Waals surface area contributed by atoms with Crippen molar-refractivity contribution < 1.29 is 8.78 Å². The minimum Gasteiger partial charge on any atom is -0.207 e. The molecule has 0 aromatic heterocycles. The van der Waals surface area contributed by atoms with Crippen molar-refractivity contribution in [3.05, 3.63) is 70.2 Å². The fourth-order valence-corrected chi connectivity index (χ4v) is 4.42. The van der Waals surface area contributed by atoms with Crippen LogP contribution in [0.1, 0.15) is 11.1 Å². The Kier molecular flexibility index (Phi) is 5.81. The lowest BCUT2D eigenvalue weighted by atomic mass is 9.79. The van der Waals surface area contributed by atoms with Crippen molar-refractivity contribution >= 4 is 43.5 Å². The molecule has 0 saturated carbocycles. The van der Waals surface area contributed by atoms with E-state index in [1.165, 1.54) is 18.2 Å². The van der Waals surface area contributed by atoms with Crippen LogP contribution in [0.4, 0.5) is 8.78 Å². The number of halogens is 5. The molecular weight excluding hydrogens is 425 g/mol. The molecule has 0 spiro atoms. The monoisotopic (exact) mass is 436 g/mol. The van der Waals surface area contributed by atoms with Gasteiger partial charge in [-0.05, 0) is 35.7 Å². The average Bonchev–Trinajstić information content (AvgIpc) is 2.49. The van der Waals surface area contributed by atoms with Gasteiger partial charge in [0.2, 0.25) is 0 Å². The minimum absolute atomic E-state index is 0.125. The fraction of sp³-hybridized carbons (Fsp3) is 0.250. The lowest BCUT2D eigenvalue weighted by Crippen LogP contribution is -2.33. The van der Waals surface area contributed by atoms with E-state index >= 15 is 0 Å². The number of hydrogen-bond acceptors (Lipinski definition) is 0. The second kappa shape index (κ2) is 7.21. The molecule has 0 heterocycles. The SMILES string of the molecule is Fc1cccc(C(CBr)(CBr)Cc2cccc(F)c2Cl)c1. The van der Waals surface area contributed by atoms with Crippen LogP contribution >= 0.6 is 43.5 Å². The summed E-state index contributed by atoms with van der Waals surface area (Å²) in [6, 6.07) is 11.2. The third kappa shape index (κ3) is 3.66. The van der Waals surface area contributed by atoms with Gasteiger partial charge in [-0.25, -0.2) is 8.78 Å². The minimum atomic E-state index is -0.438. The van der Waals surface area contributed by atoms with Gasteiger partial charge in [-0.1, -0.05) is 67.7 Å². The third-order valence-corrected chi connectivity index (χ3v) is 6.08. The summed E-state index contributed by atoms with van der Waals surface area (Å²) in [6.07, 6.45) is 0.504. The predicted octanol–water partition coefficient (Wildman–Crippen LogP) is 5.89.